The number of halogens is 1. The van der Waals surface area contributed by atoms with E-state index >= 15 is 0 Å². The molecule has 0 radical (unpaired) electrons. The summed E-state index contributed by atoms with van der Waals surface area (Å²) in [6, 6.07) is 8.25. The Hall–Kier alpha value is -1.85. The van der Waals surface area contributed by atoms with Gasteiger partial charge in [0.2, 0.25) is 5.89 Å². The Balaban J connectivity index is 2.09. The average Bonchev–Trinajstić information content (AvgIpc) is 3.01. The second-order valence-corrected chi connectivity index (χ2v) is 6.98. The lowest BCUT2D eigenvalue weighted by Crippen LogP contribution is -2.32. The quantitative estimate of drug-likeness (QED) is 0.761. The van der Waals surface area contributed by atoms with E-state index in [0.29, 0.717) is 24.2 Å². The van der Waals surface area contributed by atoms with Gasteiger partial charge in [0.15, 0.2) is 5.69 Å². The zero-order valence-electron chi connectivity index (χ0n) is 15.3. The molecule has 2 aromatic rings. The van der Waals surface area contributed by atoms with Crippen molar-refractivity contribution in [2.75, 3.05) is 0 Å². The molecule has 1 unspecified atom stereocenters. The first-order valence-electron chi connectivity index (χ1n) is 8.62. The molecule has 1 heterocycles. The molecule has 0 bridgehead atoms. The summed E-state index contributed by atoms with van der Waals surface area (Å²) in [5, 5.41) is 3.54. The van der Waals surface area contributed by atoms with Crippen molar-refractivity contribution in [1.29, 1.82) is 0 Å². The average molecular weight is 364 g/mol. The highest BCUT2D eigenvalue weighted by Crippen LogP contribution is 2.17. The largest absolute Gasteiger partial charge is 0.447 e. The molecule has 6 heteroatoms. The number of carbonyl (C=O) groups is 1. The van der Waals surface area contributed by atoms with Gasteiger partial charge < -0.3 is 9.73 Å². The lowest BCUT2D eigenvalue weighted by molar-refractivity contribution is 0.0938. The van der Waals surface area contributed by atoms with Gasteiger partial charge in [0, 0.05) is 23.7 Å². The Morgan fingerprint density at radius 3 is 2.72 bits per heavy atom. The Labute approximate surface area is 154 Å². The van der Waals surface area contributed by atoms with Crippen LogP contribution in [0, 0.1) is 0 Å². The molecule has 0 saturated carbocycles. The molecule has 5 nitrogen and oxygen atoms in total. The summed E-state index contributed by atoms with van der Waals surface area (Å²) in [4.78, 5) is 18.6. The van der Waals surface area contributed by atoms with Gasteiger partial charge in [-0.15, -0.1) is 0 Å². The van der Waals surface area contributed by atoms with Crippen LogP contribution in [0.5, 0.6) is 0 Å². The van der Waals surface area contributed by atoms with Crippen LogP contribution in [-0.2, 0) is 13.1 Å². The fourth-order valence-corrected chi connectivity index (χ4v) is 2.71. The maximum Gasteiger partial charge on any atom is 0.273 e. The number of benzene rings is 1. The van der Waals surface area contributed by atoms with Crippen molar-refractivity contribution in [1.82, 2.24) is 15.2 Å². The minimum atomic E-state index is -0.213. The molecule has 25 heavy (non-hydrogen) atoms. The monoisotopic (exact) mass is 363 g/mol. The normalized spacial score (nSPS) is 12.6. The molecule has 0 aliphatic heterocycles. The van der Waals surface area contributed by atoms with Gasteiger partial charge in [-0.25, -0.2) is 4.98 Å². The number of hydrogen-bond acceptors (Lipinski definition) is 4. The fraction of sp³-hybridized carbons (Fsp3) is 0.474. The van der Waals surface area contributed by atoms with Crippen molar-refractivity contribution >= 4 is 17.5 Å². The molecule has 1 atom stereocenters. The summed E-state index contributed by atoms with van der Waals surface area (Å²) >= 11 is 6.09. The van der Waals surface area contributed by atoms with Crippen LogP contribution in [0.4, 0.5) is 0 Å². The second kappa shape index (κ2) is 9.02. The molecule has 136 valence electrons. The molecule has 0 aliphatic rings. The van der Waals surface area contributed by atoms with Crippen molar-refractivity contribution in [2.45, 2.75) is 59.3 Å². The van der Waals surface area contributed by atoms with E-state index in [9.17, 15) is 4.79 Å². The lowest BCUT2D eigenvalue weighted by Gasteiger charge is -2.27. The molecule has 1 amide bonds. The molecule has 0 aliphatic carbocycles. The molecule has 0 saturated heterocycles. The predicted molar refractivity (Wildman–Crippen MR) is 99.6 cm³/mol. The van der Waals surface area contributed by atoms with Crippen molar-refractivity contribution < 1.29 is 9.21 Å². The number of rotatable bonds is 8. The van der Waals surface area contributed by atoms with Crippen LogP contribution in [0.2, 0.25) is 5.02 Å². The maximum absolute atomic E-state index is 12.0. The van der Waals surface area contributed by atoms with E-state index in [1.54, 1.807) is 0 Å². The Morgan fingerprint density at radius 2 is 2.08 bits per heavy atom. The molecule has 0 fully saturated rings. The summed E-state index contributed by atoms with van der Waals surface area (Å²) in [6.07, 6.45) is 2.42. The van der Waals surface area contributed by atoms with E-state index in [2.05, 4.69) is 35.1 Å². The molecule has 0 spiro atoms. The fourth-order valence-electron chi connectivity index (χ4n) is 2.49. The summed E-state index contributed by atoms with van der Waals surface area (Å²) in [5.74, 6) is 0.325. The van der Waals surface area contributed by atoms with Crippen LogP contribution in [0.1, 0.15) is 56.1 Å². The number of carbonyl (C=O) groups excluding carboxylic acids is 1. The van der Waals surface area contributed by atoms with Gasteiger partial charge in [-0.3, -0.25) is 9.69 Å². The van der Waals surface area contributed by atoms with Gasteiger partial charge >= 0.3 is 0 Å². The van der Waals surface area contributed by atoms with E-state index in [0.717, 1.165) is 23.6 Å². The van der Waals surface area contributed by atoms with Crippen LogP contribution in [0.25, 0.3) is 0 Å². The second-order valence-electron chi connectivity index (χ2n) is 6.55. The topological polar surface area (TPSA) is 58.4 Å². The summed E-state index contributed by atoms with van der Waals surface area (Å²) in [6.45, 7) is 9.41. The Morgan fingerprint density at radius 1 is 1.32 bits per heavy atom. The van der Waals surface area contributed by atoms with Gasteiger partial charge in [0.25, 0.3) is 5.91 Å². The van der Waals surface area contributed by atoms with Crippen molar-refractivity contribution in [3.05, 3.63) is 52.7 Å². The van der Waals surface area contributed by atoms with Crippen LogP contribution >= 0.6 is 11.6 Å². The summed E-state index contributed by atoms with van der Waals surface area (Å²) in [5.41, 5.74) is 1.45. The first-order valence-corrected chi connectivity index (χ1v) is 9.00. The zero-order chi connectivity index (χ0) is 18.4. The highest BCUT2D eigenvalue weighted by Gasteiger charge is 2.18. The molecule has 1 N–H and O–H groups in total. The summed E-state index contributed by atoms with van der Waals surface area (Å²) < 4.78 is 5.51. The summed E-state index contributed by atoms with van der Waals surface area (Å²) in [7, 11) is 0. The number of nitrogens with zero attached hydrogens (tertiary/aromatic N) is 2. The van der Waals surface area contributed by atoms with Gasteiger partial charge in [-0.2, -0.15) is 0 Å². The predicted octanol–water partition coefficient (Wildman–Crippen LogP) is 4.27. The van der Waals surface area contributed by atoms with Crippen LogP contribution in [-0.4, -0.2) is 27.9 Å². The van der Waals surface area contributed by atoms with Crippen molar-refractivity contribution in [2.24, 2.45) is 0 Å². The first-order chi connectivity index (χ1) is 11.9. The van der Waals surface area contributed by atoms with Crippen molar-refractivity contribution in [3.8, 4) is 0 Å². The smallest absolute Gasteiger partial charge is 0.273 e. The highest BCUT2D eigenvalue weighted by atomic mass is 35.5. The van der Waals surface area contributed by atoms with E-state index in [-0.39, 0.29) is 11.9 Å². The third-order valence-corrected chi connectivity index (χ3v) is 4.27. The van der Waals surface area contributed by atoms with Crippen LogP contribution in [0.15, 0.2) is 34.9 Å². The maximum atomic E-state index is 12.0. The van der Waals surface area contributed by atoms with Gasteiger partial charge in [-0.05, 0) is 44.9 Å². The van der Waals surface area contributed by atoms with E-state index < -0.39 is 0 Å². The van der Waals surface area contributed by atoms with E-state index in [1.165, 1.54) is 6.26 Å². The first kappa shape index (κ1) is 19.5. The minimum Gasteiger partial charge on any atom is -0.447 e. The van der Waals surface area contributed by atoms with Gasteiger partial charge in [-0.1, -0.05) is 30.7 Å². The zero-order valence-corrected chi connectivity index (χ0v) is 16.0. The van der Waals surface area contributed by atoms with Crippen LogP contribution < -0.4 is 5.32 Å². The molecule has 1 aromatic heterocycles. The molecule has 2 rings (SSSR count). The molecular formula is C19H26ClN3O2. The van der Waals surface area contributed by atoms with E-state index in [1.807, 2.05) is 32.0 Å². The Kier molecular flexibility index (Phi) is 7.02. The molecule has 1 aromatic carbocycles. The third kappa shape index (κ3) is 5.87. The minimum absolute atomic E-state index is 0.0621. The lowest BCUT2D eigenvalue weighted by atomic mass is 10.1. The third-order valence-electron chi connectivity index (χ3n) is 4.03. The SMILES string of the molecule is CCC(C)N(Cc1cccc(Cl)c1)Cc1nc(C(=O)NC(C)C)co1. The van der Waals surface area contributed by atoms with Crippen LogP contribution in [0.3, 0.4) is 0 Å². The van der Waals surface area contributed by atoms with Gasteiger partial charge in [0.05, 0.1) is 6.54 Å². The molecular weight excluding hydrogens is 338 g/mol. The Bertz CT molecular complexity index is 699. The number of amides is 1. The van der Waals surface area contributed by atoms with Gasteiger partial charge in [0.1, 0.15) is 6.26 Å². The van der Waals surface area contributed by atoms with Crippen molar-refractivity contribution in [3.63, 3.8) is 0 Å². The number of aromatic nitrogens is 1. The highest BCUT2D eigenvalue weighted by molar-refractivity contribution is 6.30. The van der Waals surface area contributed by atoms with E-state index in [4.69, 9.17) is 16.0 Å². The number of nitrogens with one attached hydrogen (secondary N) is 1. The number of hydrogen-bond donors (Lipinski definition) is 1. The number of oxazole rings is 1. The standard InChI is InChI=1S/C19H26ClN3O2/c1-5-14(4)23(10-15-7-6-8-16(20)9-15)11-18-22-17(12-25-18)19(24)21-13(2)3/h6-9,12-14H,5,10-11H2,1-4H3,(H,21,24).